The molecule has 2 heterocycles. The predicted molar refractivity (Wildman–Crippen MR) is 119 cm³/mol. The Bertz CT molecular complexity index is 1230. The van der Waals surface area contributed by atoms with Crippen LogP contribution in [0.4, 0.5) is 5.82 Å². The lowest BCUT2D eigenvalue weighted by Gasteiger charge is -2.14. The summed E-state index contributed by atoms with van der Waals surface area (Å²) in [5, 5.41) is 0.913. The van der Waals surface area contributed by atoms with Crippen LogP contribution in [0.2, 0.25) is 0 Å². The Morgan fingerprint density at radius 1 is 1.17 bits per heavy atom. The van der Waals surface area contributed by atoms with E-state index in [9.17, 15) is 4.79 Å². The van der Waals surface area contributed by atoms with Crippen LogP contribution in [0.3, 0.4) is 0 Å². The molecule has 2 aromatic heterocycles. The van der Waals surface area contributed by atoms with E-state index in [-0.39, 0.29) is 5.91 Å². The fourth-order valence-corrected chi connectivity index (χ4v) is 3.59. The standard InChI is InChI=1S/C23H25N5O2/c1-4-6-20(29)28(2)13-19-26-21-17-10-9-15(14-7-5-8-16(11-14)30-3)12-18(17)25-23(24)22(21)27-19/h5,7-12H,4,6,13H2,1-3H3,(H2,24,25)(H,26,27). The lowest BCUT2D eigenvalue weighted by Crippen LogP contribution is -2.26. The van der Waals surface area contributed by atoms with E-state index < -0.39 is 0 Å². The number of H-pyrrole nitrogens is 1. The van der Waals surface area contributed by atoms with Crippen molar-refractivity contribution >= 4 is 33.7 Å². The number of anilines is 1. The molecule has 0 aliphatic carbocycles. The van der Waals surface area contributed by atoms with E-state index in [4.69, 9.17) is 15.5 Å². The maximum atomic E-state index is 12.1. The number of methoxy groups -OCH3 is 1. The topological polar surface area (TPSA) is 97.1 Å². The quantitative estimate of drug-likeness (QED) is 0.505. The van der Waals surface area contributed by atoms with E-state index in [0.717, 1.165) is 39.7 Å². The molecule has 7 heteroatoms. The zero-order chi connectivity index (χ0) is 21.3. The minimum absolute atomic E-state index is 0.0943. The molecule has 0 aliphatic heterocycles. The van der Waals surface area contributed by atoms with Crippen LogP contribution in [0.25, 0.3) is 33.1 Å². The van der Waals surface area contributed by atoms with Crippen LogP contribution >= 0.6 is 0 Å². The second kappa shape index (κ2) is 8.02. The summed E-state index contributed by atoms with van der Waals surface area (Å²) in [7, 11) is 3.44. The van der Waals surface area contributed by atoms with Gasteiger partial charge in [-0.2, -0.15) is 0 Å². The first-order chi connectivity index (χ1) is 14.5. The van der Waals surface area contributed by atoms with Crippen molar-refractivity contribution in [3.05, 3.63) is 48.3 Å². The summed E-state index contributed by atoms with van der Waals surface area (Å²) in [6.07, 6.45) is 1.34. The van der Waals surface area contributed by atoms with Crippen LogP contribution < -0.4 is 10.5 Å². The third kappa shape index (κ3) is 3.66. The van der Waals surface area contributed by atoms with Gasteiger partial charge in [0.2, 0.25) is 5.91 Å². The van der Waals surface area contributed by atoms with Gasteiger partial charge in [-0.3, -0.25) is 4.79 Å². The van der Waals surface area contributed by atoms with Gasteiger partial charge in [0.25, 0.3) is 0 Å². The third-order valence-corrected chi connectivity index (χ3v) is 5.18. The summed E-state index contributed by atoms with van der Waals surface area (Å²) in [6, 6.07) is 13.9. The minimum atomic E-state index is 0.0943. The van der Waals surface area contributed by atoms with Crippen molar-refractivity contribution in [3.8, 4) is 16.9 Å². The van der Waals surface area contributed by atoms with Crippen molar-refractivity contribution in [1.29, 1.82) is 0 Å². The van der Waals surface area contributed by atoms with Gasteiger partial charge in [0.1, 0.15) is 28.4 Å². The summed E-state index contributed by atoms with van der Waals surface area (Å²) in [5.74, 6) is 1.97. The Labute approximate surface area is 174 Å². The molecule has 30 heavy (non-hydrogen) atoms. The molecule has 2 aromatic carbocycles. The summed E-state index contributed by atoms with van der Waals surface area (Å²) in [6.45, 7) is 2.39. The fraction of sp³-hybridized carbons (Fsp3) is 0.261. The molecule has 0 atom stereocenters. The Morgan fingerprint density at radius 3 is 2.73 bits per heavy atom. The molecule has 0 aliphatic rings. The fourth-order valence-electron chi connectivity index (χ4n) is 3.59. The van der Waals surface area contributed by atoms with Crippen LogP contribution in [0.1, 0.15) is 25.6 Å². The molecule has 0 unspecified atom stereocenters. The number of aromatic nitrogens is 3. The van der Waals surface area contributed by atoms with Crippen LogP contribution in [0.5, 0.6) is 5.75 Å². The highest BCUT2D eigenvalue weighted by molar-refractivity contribution is 6.07. The third-order valence-electron chi connectivity index (χ3n) is 5.18. The van der Waals surface area contributed by atoms with Gasteiger partial charge in [-0.05, 0) is 41.8 Å². The highest BCUT2D eigenvalue weighted by atomic mass is 16.5. The zero-order valence-corrected chi connectivity index (χ0v) is 17.4. The molecule has 4 aromatic rings. The first kappa shape index (κ1) is 19.7. The Kier molecular flexibility index (Phi) is 5.27. The molecule has 0 saturated heterocycles. The maximum absolute atomic E-state index is 12.1. The van der Waals surface area contributed by atoms with E-state index in [1.54, 1.807) is 19.1 Å². The van der Waals surface area contributed by atoms with Crippen molar-refractivity contribution < 1.29 is 9.53 Å². The van der Waals surface area contributed by atoms with Crippen molar-refractivity contribution in [2.45, 2.75) is 26.3 Å². The van der Waals surface area contributed by atoms with Gasteiger partial charge in [0.15, 0.2) is 0 Å². The first-order valence-electron chi connectivity index (χ1n) is 9.96. The molecule has 0 radical (unpaired) electrons. The van der Waals surface area contributed by atoms with E-state index in [1.165, 1.54) is 0 Å². The van der Waals surface area contributed by atoms with E-state index >= 15 is 0 Å². The Balaban J connectivity index is 1.74. The van der Waals surface area contributed by atoms with Crippen LogP contribution in [-0.4, -0.2) is 39.9 Å². The molecular weight excluding hydrogens is 378 g/mol. The number of nitrogen functional groups attached to an aromatic ring is 1. The number of hydrogen-bond donors (Lipinski definition) is 2. The van der Waals surface area contributed by atoms with E-state index in [2.05, 4.69) is 9.97 Å². The average molecular weight is 403 g/mol. The molecular formula is C23H25N5O2. The van der Waals surface area contributed by atoms with Crippen LogP contribution in [0, 0.1) is 0 Å². The van der Waals surface area contributed by atoms with Gasteiger partial charge in [-0.1, -0.05) is 25.1 Å². The van der Waals surface area contributed by atoms with Crippen molar-refractivity contribution in [2.24, 2.45) is 0 Å². The van der Waals surface area contributed by atoms with Crippen molar-refractivity contribution in [2.75, 3.05) is 19.9 Å². The van der Waals surface area contributed by atoms with Gasteiger partial charge in [-0.15, -0.1) is 0 Å². The molecule has 0 spiro atoms. The van der Waals surface area contributed by atoms with Gasteiger partial charge < -0.3 is 20.4 Å². The summed E-state index contributed by atoms with van der Waals surface area (Å²) >= 11 is 0. The van der Waals surface area contributed by atoms with E-state index in [0.29, 0.717) is 30.1 Å². The summed E-state index contributed by atoms with van der Waals surface area (Å²) in [4.78, 5) is 26.3. The lowest BCUT2D eigenvalue weighted by atomic mass is 10.0. The number of carbonyl (C=O) groups is 1. The number of nitrogens with one attached hydrogen (secondary N) is 1. The highest BCUT2D eigenvalue weighted by Crippen LogP contribution is 2.31. The van der Waals surface area contributed by atoms with Gasteiger partial charge >= 0.3 is 0 Å². The number of carbonyl (C=O) groups excluding carboxylic acids is 1. The Morgan fingerprint density at radius 2 is 1.97 bits per heavy atom. The molecule has 0 fully saturated rings. The number of nitrogens with two attached hydrogens (primary N) is 1. The van der Waals surface area contributed by atoms with Crippen LogP contribution in [-0.2, 0) is 11.3 Å². The number of fused-ring (bicyclic) bond motifs is 3. The molecule has 7 nitrogen and oxygen atoms in total. The molecule has 3 N–H and O–H groups in total. The molecule has 4 rings (SSSR count). The van der Waals surface area contributed by atoms with Crippen LogP contribution in [0.15, 0.2) is 42.5 Å². The maximum Gasteiger partial charge on any atom is 0.222 e. The van der Waals surface area contributed by atoms with Crippen molar-refractivity contribution in [3.63, 3.8) is 0 Å². The van der Waals surface area contributed by atoms with Crippen molar-refractivity contribution in [1.82, 2.24) is 19.9 Å². The first-order valence-corrected chi connectivity index (χ1v) is 9.96. The average Bonchev–Trinajstić information content (AvgIpc) is 3.18. The second-order valence-electron chi connectivity index (χ2n) is 7.37. The number of ether oxygens (including phenoxy) is 1. The van der Waals surface area contributed by atoms with E-state index in [1.807, 2.05) is 49.4 Å². The zero-order valence-electron chi connectivity index (χ0n) is 17.4. The normalized spacial score (nSPS) is 11.2. The predicted octanol–water partition coefficient (Wildman–Crippen LogP) is 4.13. The number of rotatable bonds is 6. The number of hydrogen-bond acceptors (Lipinski definition) is 5. The Hall–Kier alpha value is -3.61. The SMILES string of the molecule is CCCC(=O)N(C)Cc1nc2c([nH]1)c(N)nc1cc(-c3cccc(OC)c3)ccc12. The lowest BCUT2D eigenvalue weighted by molar-refractivity contribution is -0.130. The molecule has 1 amide bonds. The van der Waals surface area contributed by atoms with Gasteiger partial charge in [-0.25, -0.2) is 9.97 Å². The molecule has 0 bridgehead atoms. The number of amides is 1. The molecule has 154 valence electrons. The number of nitrogens with zero attached hydrogens (tertiary/aromatic N) is 3. The number of aromatic amines is 1. The monoisotopic (exact) mass is 403 g/mol. The highest BCUT2D eigenvalue weighted by Gasteiger charge is 2.15. The van der Waals surface area contributed by atoms with Gasteiger partial charge in [0.05, 0.1) is 19.2 Å². The summed E-state index contributed by atoms with van der Waals surface area (Å²) in [5.41, 5.74) is 10.5. The second-order valence-corrected chi connectivity index (χ2v) is 7.37. The van der Waals surface area contributed by atoms with Gasteiger partial charge in [0, 0.05) is 18.9 Å². The summed E-state index contributed by atoms with van der Waals surface area (Å²) < 4.78 is 5.33. The smallest absolute Gasteiger partial charge is 0.222 e. The molecule has 0 saturated carbocycles. The number of pyridine rings is 1. The number of benzene rings is 2. The minimum Gasteiger partial charge on any atom is -0.497 e. The largest absolute Gasteiger partial charge is 0.497 e. The number of imidazole rings is 1.